The number of allylic oxidation sites excluding steroid dienone is 2. The number of aryl methyl sites for hydroxylation is 1. The van der Waals surface area contributed by atoms with E-state index < -0.39 is 0 Å². The van der Waals surface area contributed by atoms with Crippen LogP contribution in [0.15, 0.2) is 36.4 Å². The number of fused-ring (bicyclic) bond motifs is 1. The van der Waals surface area contributed by atoms with E-state index in [1.54, 1.807) is 18.6 Å². The molecule has 4 aliphatic carbocycles. The summed E-state index contributed by atoms with van der Waals surface area (Å²) in [5.74, 6) is 5.05. The van der Waals surface area contributed by atoms with E-state index in [1.807, 2.05) is 12.1 Å². The van der Waals surface area contributed by atoms with Crippen LogP contribution < -0.4 is 0 Å². The zero-order chi connectivity index (χ0) is 14.0. The molecular formula is C20H23F. The Morgan fingerprint density at radius 3 is 2.76 bits per heavy atom. The van der Waals surface area contributed by atoms with E-state index in [2.05, 4.69) is 12.2 Å². The smallest absolute Gasteiger partial charge is 0.123 e. The normalized spacial score (nSPS) is 45.5. The van der Waals surface area contributed by atoms with Crippen molar-refractivity contribution in [1.29, 1.82) is 0 Å². The molecule has 4 aliphatic rings. The lowest BCUT2D eigenvalue weighted by molar-refractivity contribution is 0.0458. The lowest BCUT2D eigenvalue weighted by atomic mass is 9.60. The molecule has 21 heavy (non-hydrogen) atoms. The lowest BCUT2D eigenvalue weighted by Gasteiger charge is -2.44. The maximum absolute atomic E-state index is 12.9. The van der Waals surface area contributed by atoms with Crippen molar-refractivity contribution in [2.24, 2.45) is 35.0 Å². The van der Waals surface area contributed by atoms with Gasteiger partial charge in [-0.25, -0.2) is 4.39 Å². The Labute approximate surface area is 126 Å². The Kier molecular flexibility index (Phi) is 2.49. The van der Waals surface area contributed by atoms with Gasteiger partial charge >= 0.3 is 0 Å². The van der Waals surface area contributed by atoms with Crippen LogP contribution in [0.3, 0.4) is 0 Å². The first-order valence-electron chi connectivity index (χ1n) is 8.67. The fourth-order valence-electron chi connectivity index (χ4n) is 6.20. The molecule has 6 unspecified atom stereocenters. The van der Waals surface area contributed by atoms with Gasteiger partial charge in [0.15, 0.2) is 0 Å². The van der Waals surface area contributed by atoms with E-state index in [4.69, 9.17) is 0 Å². The molecule has 0 aromatic heterocycles. The second-order valence-electron chi connectivity index (χ2n) is 8.02. The molecular weight excluding hydrogens is 259 g/mol. The summed E-state index contributed by atoms with van der Waals surface area (Å²) in [6.07, 6.45) is 13.3. The van der Waals surface area contributed by atoms with Crippen LogP contribution in [0, 0.1) is 40.8 Å². The predicted molar refractivity (Wildman–Crippen MR) is 82.2 cm³/mol. The molecule has 5 rings (SSSR count). The molecule has 6 atom stereocenters. The van der Waals surface area contributed by atoms with Crippen molar-refractivity contribution < 1.29 is 4.39 Å². The summed E-state index contributed by atoms with van der Waals surface area (Å²) in [5, 5.41) is 0. The van der Waals surface area contributed by atoms with E-state index in [1.165, 1.54) is 24.8 Å². The fraction of sp³-hybridized carbons (Fsp3) is 0.600. The van der Waals surface area contributed by atoms with E-state index in [0.717, 1.165) is 47.8 Å². The van der Waals surface area contributed by atoms with Crippen molar-refractivity contribution in [2.45, 2.75) is 38.5 Å². The highest BCUT2D eigenvalue weighted by Gasteiger charge is 2.75. The van der Waals surface area contributed by atoms with Crippen molar-refractivity contribution in [3.8, 4) is 0 Å². The zero-order valence-electron chi connectivity index (χ0n) is 12.5. The Hall–Kier alpha value is -1.11. The van der Waals surface area contributed by atoms with Crippen LogP contribution in [-0.2, 0) is 6.42 Å². The maximum Gasteiger partial charge on any atom is 0.123 e. The minimum Gasteiger partial charge on any atom is -0.207 e. The summed E-state index contributed by atoms with van der Waals surface area (Å²) in [6, 6.07) is 6.96. The minimum atomic E-state index is -0.134. The fourth-order valence-corrected chi connectivity index (χ4v) is 6.20. The highest BCUT2D eigenvalue weighted by molar-refractivity contribution is 5.26. The quantitative estimate of drug-likeness (QED) is 0.682. The maximum atomic E-state index is 12.9. The average molecular weight is 282 g/mol. The molecule has 0 radical (unpaired) electrons. The Morgan fingerprint density at radius 2 is 1.90 bits per heavy atom. The second kappa shape index (κ2) is 4.21. The summed E-state index contributed by atoms with van der Waals surface area (Å²) < 4.78 is 12.9. The van der Waals surface area contributed by atoms with Gasteiger partial charge in [0.2, 0.25) is 0 Å². The van der Waals surface area contributed by atoms with Gasteiger partial charge in [-0.15, -0.1) is 0 Å². The number of hydrogen-bond donors (Lipinski definition) is 0. The molecule has 2 bridgehead atoms. The second-order valence-corrected chi connectivity index (χ2v) is 8.02. The van der Waals surface area contributed by atoms with Crippen LogP contribution in [0.4, 0.5) is 4.39 Å². The van der Waals surface area contributed by atoms with Crippen molar-refractivity contribution >= 4 is 0 Å². The lowest BCUT2D eigenvalue weighted by Crippen LogP contribution is -2.38. The van der Waals surface area contributed by atoms with Crippen LogP contribution in [0.1, 0.15) is 37.7 Å². The molecule has 4 fully saturated rings. The van der Waals surface area contributed by atoms with Crippen molar-refractivity contribution in [2.75, 3.05) is 0 Å². The Bertz CT molecular complexity index is 584. The van der Waals surface area contributed by atoms with Gasteiger partial charge in [0, 0.05) is 0 Å². The third-order valence-corrected chi connectivity index (χ3v) is 7.17. The predicted octanol–water partition coefficient (Wildman–Crippen LogP) is 5.00. The molecule has 0 heterocycles. The standard InChI is InChI=1S/C20H23F/c21-16-7-5-13(6-8-16)3-1-2-4-17-14-9-15-11-20(12-19(17)20)18(15)10-14/h2,4-8,14-15,17-19H,1,3,9-12H2/b4-2+. The summed E-state index contributed by atoms with van der Waals surface area (Å²) >= 11 is 0. The van der Waals surface area contributed by atoms with Crippen LogP contribution in [0.2, 0.25) is 0 Å². The molecule has 1 aromatic rings. The molecule has 0 saturated heterocycles. The van der Waals surface area contributed by atoms with Crippen molar-refractivity contribution in [3.63, 3.8) is 0 Å². The highest BCUT2D eigenvalue weighted by atomic mass is 19.1. The van der Waals surface area contributed by atoms with Crippen molar-refractivity contribution in [3.05, 3.63) is 47.8 Å². The van der Waals surface area contributed by atoms with E-state index >= 15 is 0 Å². The molecule has 4 saturated carbocycles. The number of halogens is 1. The van der Waals surface area contributed by atoms with E-state index in [-0.39, 0.29) is 5.82 Å². The highest BCUT2D eigenvalue weighted by Crippen LogP contribution is 2.82. The van der Waals surface area contributed by atoms with Crippen LogP contribution >= 0.6 is 0 Å². The van der Waals surface area contributed by atoms with Crippen LogP contribution in [0.25, 0.3) is 0 Å². The molecule has 1 aromatic carbocycles. The monoisotopic (exact) mass is 282 g/mol. The minimum absolute atomic E-state index is 0.134. The third kappa shape index (κ3) is 1.73. The Balaban J connectivity index is 1.21. The average Bonchev–Trinajstić information content (AvgIpc) is 3.16. The molecule has 110 valence electrons. The molecule has 1 spiro atoms. The topological polar surface area (TPSA) is 0 Å². The molecule has 0 aliphatic heterocycles. The van der Waals surface area contributed by atoms with Gasteiger partial charge in [0.1, 0.15) is 5.82 Å². The van der Waals surface area contributed by atoms with Crippen molar-refractivity contribution in [1.82, 2.24) is 0 Å². The number of rotatable bonds is 4. The van der Waals surface area contributed by atoms with E-state index in [0.29, 0.717) is 0 Å². The molecule has 0 amide bonds. The molecule has 1 heteroatoms. The van der Waals surface area contributed by atoms with Gasteiger partial charge in [0.25, 0.3) is 0 Å². The van der Waals surface area contributed by atoms with Gasteiger partial charge in [-0.1, -0.05) is 24.3 Å². The summed E-state index contributed by atoms with van der Waals surface area (Å²) in [6.45, 7) is 0. The number of hydrogen-bond acceptors (Lipinski definition) is 0. The van der Waals surface area contributed by atoms with Crippen LogP contribution in [0.5, 0.6) is 0 Å². The third-order valence-electron chi connectivity index (χ3n) is 7.17. The largest absolute Gasteiger partial charge is 0.207 e. The van der Waals surface area contributed by atoms with Gasteiger partial charge in [0.05, 0.1) is 0 Å². The van der Waals surface area contributed by atoms with E-state index in [9.17, 15) is 4.39 Å². The number of benzene rings is 1. The Morgan fingerprint density at radius 1 is 1.05 bits per heavy atom. The summed E-state index contributed by atoms with van der Waals surface area (Å²) in [4.78, 5) is 0. The zero-order valence-corrected chi connectivity index (χ0v) is 12.5. The van der Waals surface area contributed by atoms with Gasteiger partial charge in [-0.05, 0) is 91.2 Å². The van der Waals surface area contributed by atoms with Gasteiger partial charge < -0.3 is 0 Å². The summed E-state index contributed by atoms with van der Waals surface area (Å²) in [5.41, 5.74) is 2.08. The SMILES string of the molecule is Fc1ccc(CC/C=C/C2C3CC4CC5(CC25)C4C3)cc1. The summed E-state index contributed by atoms with van der Waals surface area (Å²) in [7, 11) is 0. The first-order valence-corrected chi connectivity index (χ1v) is 8.67. The van der Waals surface area contributed by atoms with Gasteiger partial charge in [-0.3, -0.25) is 0 Å². The molecule has 0 N–H and O–H groups in total. The molecule has 0 nitrogen and oxygen atoms in total. The van der Waals surface area contributed by atoms with Gasteiger partial charge in [-0.2, -0.15) is 0 Å². The van der Waals surface area contributed by atoms with Crippen LogP contribution in [-0.4, -0.2) is 0 Å². The first kappa shape index (κ1) is 12.4. The first-order chi connectivity index (χ1) is 10.3.